The van der Waals surface area contributed by atoms with Crippen molar-refractivity contribution in [2.45, 2.75) is 19.5 Å². The molecule has 1 atom stereocenters. The average molecular weight is 535 g/mol. The van der Waals surface area contributed by atoms with Crippen molar-refractivity contribution in [3.63, 3.8) is 0 Å². The molecule has 2 aromatic carbocycles. The molecule has 4 N–H and O–H groups in total. The van der Waals surface area contributed by atoms with Crippen LogP contribution in [0.15, 0.2) is 94.6 Å². The second-order valence-electron chi connectivity index (χ2n) is 9.11. The Balaban J connectivity index is 1.38. The molecule has 11 heteroatoms. The van der Waals surface area contributed by atoms with E-state index in [0.717, 1.165) is 22.3 Å². The minimum absolute atomic E-state index is 0.126. The molecule has 40 heavy (non-hydrogen) atoms. The molecule has 0 spiro atoms. The van der Waals surface area contributed by atoms with E-state index in [2.05, 4.69) is 35.8 Å². The molecule has 6 aromatic rings. The summed E-state index contributed by atoms with van der Waals surface area (Å²) in [6, 6.07) is 20.2. The maximum Gasteiger partial charge on any atom is 0.271 e. The highest BCUT2D eigenvalue weighted by Gasteiger charge is 2.19. The number of anilines is 3. The third kappa shape index (κ3) is 4.93. The Bertz CT molecular complexity index is 1810. The lowest BCUT2D eigenvalue weighted by atomic mass is 10.1. The molecule has 0 saturated carbocycles. The maximum atomic E-state index is 12.2. The zero-order chi connectivity index (χ0) is 27.5. The Morgan fingerprint density at radius 1 is 1.07 bits per heavy atom. The number of aromatic nitrogens is 6. The van der Waals surface area contributed by atoms with E-state index in [1.807, 2.05) is 55.5 Å². The van der Waals surface area contributed by atoms with Crippen molar-refractivity contribution in [2.75, 3.05) is 17.2 Å². The van der Waals surface area contributed by atoms with E-state index in [0.29, 0.717) is 34.8 Å². The normalized spacial score (nSPS) is 11.9. The second-order valence-corrected chi connectivity index (χ2v) is 9.11. The van der Waals surface area contributed by atoms with E-state index in [1.54, 1.807) is 41.5 Å². The van der Waals surface area contributed by atoms with Crippen molar-refractivity contribution < 1.29 is 9.63 Å². The summed E-state index contributed by atoms with van der Waals surface area (Å²) in [6.45, 7) is 2.46. The van der Waals surface area contributed by atoms with Crippen molar-refractivity contribution in [3.05, 3.63) is 101 Å². The van der Waals surface area contributed by atoms with E-state index in [4.69, 9.17) is 4.52 Å². The lowest BCUT2D eigenvalue weighted by Gasteiger charge is -2.20. The van der Waals surface area contributed by atoms with E-state index in [1.165, 1.54) is 0 Å². The van der Waals surface area contributed by atoms with Gasteiger partial charge < -0.3 is 20.3 Å². The van der Waals surface area contributed by atoms with Gasteiger partial charge in [-0.3, -0.25) is 19.6 Å². The first-order valence-electron chi connectivity index (χ1n) is 12.8. The van der Waals surface area contributed by atoms with Crippen LogP contribution in [0.25, 0.3) is 33.7 Å². The smallest absolute Gasteiger partial charge is 0.271 e. The van der Waals surface area contributed by atoms with Gasteiger partial charge in [-0.15, -0.1) is 0 Å². The van der Waals surface area contributed by atoms with Gasteiger partial charge in [-0.1, -0.05) is 35.5 Å². The van der Waals surface area contributed by atoms with Gasteiger partial charge >= 0.3 is 0 Å². The Labute approximate surface area is 228 Å². The Kier molecular flexibility index (Phi) is 6.77. The zero-order valence-electron chi connectivity index (χ0n) is 21.6. The number of aliphatic hydroxyl groups is 1. The number of aryl methyl sites for hydroxylation is 1. The number of hydrogen-bond acceptors (Lipinski definition) is 9. The number of fused-ring (bicyclic) bond motifs is 1. The van der Waals surface area contributed by atoms with Crippen LogP contribution in [0.1, 0.15) is 18.5 Å². The molecule has 200 valence electrons. The van der Waals surface area contributed by atoms with Gasteiger partial charge in [0, 0.05) is 42.5 Å². The summed E-state index contributed by atoms with van der Waals surface area (Å²) in [5.74, 6) is 1.25. The first-order chi connectivity index (χ1) is 19.6. The molecule has 4 heterocycles. The number of aliphatic hydroxyl groups excluding tert-OH is 1. The molecule has 0 bridgehead atoms. The molecule has 0 amide bonds. The SMILES string of the molecule is CCn1[nH]c(=O)c2ccc(Nc3cc(N[C@H](CO)c4ccccc4)c(-c4nc(-c5ccncc5)no4)cn3)cc21. The van der Waals surface area contributed by atoms with Gasteiger partial charge in [0.05, 0.1) is 34.8 Å². The van der Waals surface area contributed by atoms with Crippen molar-refractivity contribution in [3.8, 4) is 22.8 Å². The molecule has 0 aliphatic carbocycles. The summed E-state index contributed by atoms with van der Waals surface area (Å²) in [6.07, 6.45) is 4.97. The van der Waals surface area contributed by atoms with Crippen molar-refractivity contribution >= 4 is 28.1 Å². The molecule has 6 rings (SSSR count). The quantitative estimate of drug-likeness (QED) is 0.206. The molecular weight excluding hydrogens is 508 g/mol. The molecule has 0 aliphatic heterocycles. The third-order valence-corrected chi connectivity index (χ3v) is 6.57. The fourth-order valence-corrected chi connectivity index (χ4v) is 4.54. The van der Waals surface area contributed by atoms with Crippen molar-refractivity contribution in [1.29, 1.82) is 0 Å². The van der Waals surface area contributed by atoms with Gasteiger partial charge in [-0.25, -0.2) is 4.98 Å². The van der Waals surface area contributed by atoms with Crippen LogP contribution in [0.3, 0.4) is 0 Å². The Hall–Kier alpha value is -5.29. The Morgan fingerprint density at radius 3 is 2.67 bits per heavy atom. The standard InChI is InChI=1S/C29H26N8O3/c1-2-37-25-14-20(8-9-21(25)28(39)35-37)32-26-15-23(33-24(17-38)18-6-4-3-5-7-18)22(16-31-26)29-34-27(36-40-29)19-10-12-30-13-11-19/h3-16,24,38H,2,17H2,1H3,(H,35,39)(H2,31,32,33)/t24-/m1/s1. The number of nitrogens with zero attached hydrogens (tertiary/aromatic N) is 5. The van der Waals surface area contributed by atoms with E-state index < -0.39 is 6.04 Å². The highest BCUT2D eigenvalue weighted by molar-refractivity contribution is 5.84. The fraction of sp³-hybridized carbons (Fsp3) is 0.138. The monoisotopic (exact) mass is 534 g/mol. The number of benzene rings is 2. The van der Waals surface area contributed by atoms with Gasteiger partial charge in [0.1, 0.15) is 5.82 Å². The van der Waals surface area contributed by atoms with Gasteiger partial charge in [0.2, 0.25) is 5.82 Å². The van der Waals surface area contributed by atoms with E-state index >= 15 is 0 Å². The van der Waals surface area contributed by atoms with E-state index in [-0.39, 0.29) is 18.1 Å². The predicted molar refractivity (Wildman–Crippen MR) is 152 cm³/mol. The molecule has 0 radical (unpaired) electrons. The first-order valence-corrected chi connectivity index (χ1v) is 12.8. The molecule has 11 nitrogen and oxygen atoms in total. The number of rotatable bonds is 9. The number of pyridine rings is 2. The largest absolute Gasteiger partial charge is 0.394 e. The fourth-order valence-electron chi connectivity index (χ4n) is 4.54. The number of aromatic amines is 1. The topological polar surface area (TPSA) is 147 Å². The minimum Gasteiger partial charge on any atom is -0.394 e. The van der Waals surface area contributed by atoms with Crippen LogP contribution in [0, 0.1) is 0 Å². The van der Waals surface area contributed by atoms with Gasteiger partial charge in [-0.05, 0) is 42.8 Å². The van der Waals surface area contributed by atoms with Crippen LogP contribution in [0.4, 0.5) is 17.2 Å². The highest BCUT2D eigenvalue weighted by atomic mass is 16.5. The molecule has 4 aromatic heterocycles. The summed E-state index contributed by atoms with van der Waals surface area (Å²) in [4.78, 5) is 25.4. The molecule has 0 unspecified atom stereocenters. The average Bonchev–Trinajstić information content (AvgIpc) is 3.61. The van der Waals surface area contributed by atoms with Crippen LogP contribution in [-0.2, 0) is 6.54 Å². The van der Waals surface area contributed by atoms with Crippen LogP contribution in [0.5, 0.6) is 0 Å². The van der Waals surface area contributed by atoms with Crippen molar-refractivity contribution in [2.24, 2.45) is 0 Å². The van der Waals surface area contributed by atoms with Gasteiger partial charge in [-0.2, -0.15) is 4.98 Å². The number of hydrogen-bond donors (Lipinski definition) is 4. The summed E-state index contributed by atoms with van der Waals surface area (Å²) < 4.78 is 7.42. The third-order valence-electron chi connectivity index (χ3n) is 6.57. The van der Waals surface area contributed by atoms with Crippen LogP contribution >= 0.6 is 0 Å². The van der Waals surface area contributed by atoms with Crippen LogP contribution in [-0.4, -0.2) is 41.6 Å². The molecule has 0 fully saturated rings. The summed E-state index contributed by atoms with van der Waals surface area (Å²) in [7, 11) is 0. The predicted octanol–water partition coefficient (Wildman–Crippen LogP) is 4.75. The highest BCUT2D eigenvalue weighted by Crippen LogP contribution is 2.33. The lowest BCUT2D eigenvalue weighted by Crippen LogP contribution is -2.15. The molecule has 0 saturated heterocycles. The molecule has 0 aliphatic rings. The minimum atomic E-state index is -0.395. The van der Waals surface area contributed by atoms with E-state index in [9.17, 15) is 9.90 Å². The summed E-state index contributed by atoms with van der Waals surface area (Å²) in [5, 5.41) is 24.6. The number of nitrogens with one attached hydrogen (secondary N) is 3. The van der Waals surface area contributed by atoms with Crippen LogP contribution < -0.4 is 16.2 Å². The first kappa shape index (κ1) is 25.0. The number of H-pyrrole nitrogens is 1. The maximum absolute atomic E-state index is 12.2. The summed E-state index contributed by atoms with van der Waals surface area (Å²) in [5.41, 5.74) is 4.34. The molecular formula is C29H26N8O3. The van der Waals surface area contributed by atoms with Crippen LogP contribution in [0.2, 0.25) is 0 Å². The lowest BCUT2D eigenvalue weighted by molar-refractivity contribution is 0.276. The zero-order valence-corrected chi connectivity index (χ0v) is 21.6. The van der Waals surface area contributed by atoms with Crippen molar-refractivity contribution in [1.82, 2.24) is 29.9 Å². The Morgan fingerprint density at radius 2 is 1.90 bits per heavy atom. The van der Waals surface area contributed by atoms with Gasteiger partial charge in [0.15, 0.2) is 0 Å². The summed E-state index contributed by atoms with van der Waals surface area (Å²) >= 11 is 0. The second kappa shape index (κ2) is 10.8. The van der Waals surface area contributed by atoms with Gasteiger partial charge in [0.25, 0.3) is 11.4 Å².